The summed E-state index contributed by atoms with van der Waals surface area (Å²) in [6.07, 6.45) is 2.32. The third-order valence-electron chi connectivity index (χ3n) is 4.57. The first kappa shape index (κ1) is 15.8. The van der Waals surface area contributed by atoms with E-state index in [0.29, 0.717) is 6.54 Å². The van der Waals surface area contributed by atoms with Gasteiger partial charge in [0.15, 0.2) is 0 Å². The Balaban J connectivity index is 2.13. The molecule has 0 amide bonds. The van der Waals surface area contributed by atoms with E-state index in [1.165, 1.54) is 12.0 Å². The number of rotatable bonds is 4. The molecule has 3 heteroatoms. The Labute approximate surface area is 128 Å². The molecule has 0 saturated carbocycles. The Morgan fingerprint density at radius 2 is 1.75 bits per heavy atom. The van der Waals surface area contributed by atoms with Gasteiger partial charge < -0.3 is 5.73 Å². The standard InChI is InChI=1S/C17H27ClN2/c1-13-8-14(2)11-20(10-13)17(3,12-19)9-15-4-6-16(18)7-5-15/h4-7,13-14H,8-12,19H2,1-3H3. The zero-order valence-electron chi connectivity index (χ0n) is 12.9. The number of hydrogen-bond acceptors (Lipinski definition) is 2. The van der Waals surface area contributed by atoms with Gasteiger partial charge in [0, 0.05) is 30.2 Å². The largest absolute Gasteiger partial charge is 0.329 e. The van der Waals surface area contributed by atoms with E-state index in [4.69, 9.17) is 17.3 Å². The van der Waals surface area contributed by atoms with Crippen LogP contribution in [0.15, 0.2) is 24.3 Å². The van der Waals surface area contributed by atoms with Crippen molar-refractivity contribution in [1.82, 2.24) is 4.90 Å². The van der Waals surface area contributed by atoms with Gasteiger partial charge in [-0.25, -0.2) is 0 Å². The van der Waals surface area contributed by atoms with Crippen molar-refractivity contribution >= 4 is 11.6 Å². The summed E-state index contributed by atoms with van der Waals surface area (Å²) in [6, 6.07) is 8.17. The Morgan fingerprint density at radius 3 is 2.25 bits per heavy atom. The van der Waals surface area contributed by atoms with Gasteiger partial charge in [0.1, 0.15) is 0 Å². The van der Waals surface area contributed by atoms with E-state index in [1.54, 1.807) is 0 Å². The van der Waals surface area contributed by atoms with Crippen molar-refractivity contribution < 1.29 is 0 Å². The fourth-order valence-corrected chi connectivity index (χ4v) is 3.58. The van der Waals surface area contributed by atoms with Gasteiger partial charge >= 0.3 is 0 Å². The van der Waals surface area contributed by atoms with Gasteiger partial charge in [-0.1, -0.05) is 37.6 Å². The molecular formula is C17H27ClN2. The number of hydrogen-bond donors (Lipinski definition) is 1. The van der Waals surface area contributed by atoms with Gasteiger partial charge in [0.2, 0.25) is 0 Å². The van der Waals surface area contributed by atoms with Crippen LogP contribution >= 0.6 is 11.6 Å². The Kier molecular flexibility index (Phi) is 5.11. The fraction of sp³-hybridized carbons (Fsp3) is 0.647. The molecule has 3 unspecified atom stereocenters. The summed E-state index contributed by atoms with van der Waals surface area (Å²) in [7, 11) is 0. The fourth-order valence-electron chi connectivity index (χ4n) is 3.46. The Morgan fingerprint density at radius 1 is 1.20 bits per heavy atom. The first-order chi connectivity index (χ1) is 9.43. The number of nitrogens with two attached hydrogens (primary N) is 1. The quantitative estimate of drug-likeness (QED) is 0.920. The average molecular weight is 295 g/mol. The third-order valence-corrected chi connectivity index (χ3v) is 4.82. The summed E-state index contributed by atoms with van der Waals surface area (Å²) in [6.45, 7) is 10.0. The number of halogens is 1. The van der Waals surface area contributed by atoms with Crippen LogP contribution in [-0.2, 0) is 6.42 Å². The third kappa shape index (κ3) is 3.75. The van der Waals surface area contributed by atoms with Crippen molar-refractivity contribution in [2.45, 2.75) is 39.2 Å². The van der Waals surface area contributed by atoms with Crippen molar-refractivity contribution in [3.8, 4) is 0 Å². The normalized spacial score (nSPS) is 27.2. The Bertz CT molecular complexity index is 421. The van der Waals surface area contributed by atoms with E-state index < -0.39 is 0 Å². The molecule has 3 atom stereocenters. The number of piperidine rings is 1. The molecule has 0 spiro atoms. The lowest BCUT2D eigenvalue weighted by Gasteiger charge is -2.46. The van der Waals surface area contributed by atoms with E-state index in [0.717, 1.165) is 36.4 Å². The molecule has 0 bridgehead atoms. The predicted octanol–water partition coefficient (Wildman–Crippen LogP) is 3.58. The summed E-state index contributed by atoms with van der Waals surface area (Å²) in [5.41, 5.74) is 7.49. The lowest BCUT2D eigenvalue weighted by Crippen LogP contribution is -2.57. The topological polar surface area (TPSA) is 29.3 Å². The minimum absolute atomic E-state index is 0.0385. The summed E-state index contributed by atoms with van der Waals surface area (Å²) >= 11 is 5.97. The molecule has 1 fully saturated rings. The van der Waals surface area contributed by atoms with Crippen LogP contribution < -0.4 is 5.73 Å². The molecule has 1 aliphatic rings. The highest BCUT2D eigenvalue weighted by Gasteiger charge is 2.35. The van der Waals surface area contributed by atoms with Crippen LogP contribution in [0, 0.1) is 11.8 Å². The van der Waals surface area contributed by atoms with Crippen LogP contribution in [0.1, 0.15) is 32.8 Å². The zero-order chi connectivity index (χ0) is 14.8. The van der Waals surface area contributed by atoms with Gasteiger partial charge in [-0.15, -0.1) is 0 Å². The van der Waals surface area contributed by atoms with Crippen molar-refractivity contribution in [3.63, 3.8) is 0 Å². The Hall–Kier alpha value is -0.570. The molecule has 2 N–H and O–H groups in total. The molecule has 1 aromatic carbocycles. The highest BCUT2D eigenvalue weighted by Crippen LogP contribution is 2.29. The SMILES string of the molecule is CC1CC(C)CN(C(C)(CN)Cc2ccc(Cl)cc2)C1. The van der Waals surface area contributed by atoms with Crippen LogP contribution in [0.25, 0.3) is 0 Å². The first-order valence-electron chi connectivity index (χ1n) is 7.62. The molecular weight excluding hydrogens is 268 g/mol. The second kappa shape index (κ2) is 6.46. The first-order valence-corrected chi connectivity index (χ1v) is 8.00. The van der Waals surface area contributed by atoms with Crippen LogP contribution in [0.3, 0.4) is 0 Å². The second-order valence-electron chi connectivity index (χ2n) is 6.86. The van der Waals surface area contributed by atoms with E-state index in [2.05, 4.69) is 37.8 Å². The molecule has 1 aromatic rings. The van der Waals surface area contributed by atoms with Gasteiger partial charge in [-0.2, -0.15) is 0 Å². The molecule has 112 valence electrons. The lowest BCUT2D eigenvalue weighted by atomic mass is 9.84. The molecule has 2 nitrogen and oxygen atoms in total. The highest BCUT2D eigenvalue weighted by atomic mass is 35.5. The van der Waals surface area contributed by atoms with E-state index in [9.17, 15) is 0 Å². The van der Waals surface area contributed by atoms with Crippen LogP contribution in [0.5, 0.6) is 0 Å². The molecule has 0 aromatic heterocycles. The lowest BCUT2D eigenvalue weighted by molar-refractivity contribution is 0.0399. The smallest absolute Gasteiger partial charge is 0.0406 e. The molecule has 2 rings (SSSR count). The number of benzene rings is 1. The van der Waals surface area contributed by atoms with Gasteiger partial charge in [0.05, 0.1) is 0 Å². The number of likely N-dealkylation sites (tertiary alicyclic amines) is 1. The van der Waals surface area contributed by atoms with Gasteiger partial charge in [-0.3, -0.25) is 4.90 Å². The minimum atomic E-state index is 0.0385. The van der Waals surface area contributed by atoms with Crippen molar-refractivity contribution in [3.05, 3.63) is 34.9 Å². The molecule has 0 radical (unpaired) electrons. The minimum Gasteiger partial charge on any atom is -0.329 e. The molecule has 1 heterocycles. The number of nitrogens with zero attached hydrogens (tertiary/aromatic N) is 1. The highest BCUT2D eigenvalue weighted by molar-refractivity contribution is 6.30. The average Bonchev–Trinajstić information content (AvgIpc) is 2.40. The molecule has 1 aliphatic heterocycles. The van der Waals surface area contributed by atoms with Crippen LogP contribution in [-0.4, -0.2) is 30.1 Å². The zero-order valence-corrected chi connectivity index (χ0v) is 13.7. The van der Waals surface area contributed by atoms with Gasteiger partial charge in [-0.05, 0) is 49.3 Å². The van der Waals surface area contributed by atoms with E-state index in [-0.39, 0.29) is 5.54 Å². The monoisotopic (exact) mass is 294 g/mol. The van der Waals surface area contributed by atoms with Crippen LogP contribution in [0.4, 0.5) is 0 Å². The maximum absolute atomic E-state index is 6.14. The summed E-state index contributed by atoms with van der Waals surface area (Å²) in [4.78, 5) is 2.60. The molecule has 20 heavy (non-hydrogen) atoms. The summed E-state index contributed by atoms with van der Waals surface area (Å²) < 4.78 is 0. The summed E-state index contributed by atoms with van der Waals surface area (Å²) in [5, 5.41) is 0.795. The van der Waals surface area contributed by atoms with Crippen molar-refractivity contribution in [2.75, 3.05) is 19.6 Å². The molecule has 0 aliphatic carbocycles. The summed E-state index contributed by atoms with van der Waals surface area (Å²) in [5.74, 6) is 1.52. The van der Waals surface area contributed by atoms with Crippen molar-refractivity contribution in [2.24, 2.45) is 17.6 Å². The maximum Gasteiger partial charge on any atom is 0.0406 e. The van der Waals surface area contributed by atoms with E-state index in [1.807, 2.05) is 12.1 Å². The van der Waals surface area contributed by atoms with Crippen molar-refractivity contribution in [1.29, 1.82) is 0 Å². The second-order valence-corrected chi connectivity index (χ2v) is 7.29. The van der Waals surface area contributed by atoms with E-state index >= 15 is 0 Å². The van der Waals surface area contributed by atoms with Crippen LogP contribution in [0.2, 0.25) is 5.02 Å². The maximum atomic E-state index is 6.14. The predicted molar refractivity (Wildman–Crippen MR) is 87.1 cm³/mol. The van der Waals surface area contributed by atoms with Gasteiger partial charge in [0.25, 0.3) is 0 Å². The molecule has 1 saturated heterocycles.